The van der Waals surface area contributed by atoms with Crippen molar-refractivity contribution in [2.75, 3.05) is 17.7 Å². The number of non-ortho nitro benzene ring substituents is 1. The van der Waals surface area contributed by atoms with Gasteiger partial charge in [0.05, 0.1) is 23.3 Å². The molecule has 0 aromatic heterocycles. The molecule has 30 heavy (non-hydrogen) atoms. The molecule has 0 radical (unpaired) electrons. The molecule has 0 unspecified atom stereocenters. The van der Waals surface area contributed by atoms with Gasteiger partial charge in [-0.05, 0) is 70.6 Å². The Kier molecular flexibility index (Phi) is 5.40. The maximum Gasteiger partial charge on any atom is 0.270 e. The lowest BCUT2D eigenvalue weighted by Crippen LogP contribution is -2.10. The summed E-state index contributed by atoms with van der Waals surface area (Å²) in [6, 6.07) is 19.3. The van der Waals surface area contributed by atoms with E-state index in [1.807, 2.05) is 48.5 Å². The Morgan fingerprint density at radius 2 is 1.77 bits per heavy atom. The molecule has 3 aromatic rings. The minimum Gasteiger partial charge on any atom is -0.497 e. The van der Waals surface area contributed by atoms with Gasteiger partial charge in [0, 0.05) is 32.6 Å². The average Bonchev–Trinajstić information content (AvgIpc) is 3.08. The Labute approximate surface area is 186 Å². The van der Waals surface area contributed by atoms with Crippen molar-refractivity contribution in [1.82, 2.24) is 0 Å². The topological polar surface area (TPSA) is 93.5 Å². The third-order valence-corrected chi connectivity index (χ3v) is 5.42. The lowest BCUT2D eigenvalue weighted by atomic mass is 9.99. The largest absolute Gasteiger partial charge is 0.497 e. The number of anilines is 2. The molecule has 0 bridgehead atoms. The first-order valence-electron chi connectivity index (χ1n) is 8.98. The van der Waals surface area contributed by atoms with E-state index in [0.29, 0.717) is 28.3 Å². The first-order chi connectivity index (χ1) is 14.5. The number of nitro groups is 1. The smallest absolute Gasteiger partial charge is 0.270 e. The summed E-state index contributed by atoms with van der Waals surface area (Å²) in [4.78, 5) is 23.7. The molecule has 0 aliphatic carbocycles. The van der Waals surface area contributed by atoms with E-state index in [0.717, 1.165) is 14.8 Å². The van der Waals surface area contributed by atoms with Crippen LogP contribution in [0.15, 0.2) is 66.7 Å². The summed E-state index contributed by atoms with van der Waals surface area (Å²) in [5.74, 6) is 0.392. The molecule has 8 heteroatoms. The highest BCUT2D eigenvalue weighted by atomic mass is 127. The number of benzene rings is 3. The third kappa shape index (κ3) is 3.86. The van der Waals surface area contributed by atoms with E-state index in [1.54, 1.807) is 13.2 Å². The van der Waals surface area contributed by atoms with Crippen molar-refractivity contribution >= 4 is 56.8 Å². The van der Waals surface area contributed by atoms with Gasteiger partial charge < -0.3 is 15.4 Å². The van der Waals surface area contributed by atoms with Gasteiger partial charge in [-0.15, -0.1) is 0 Å². The molecule has 4 rings (SSSR count). The summed E-state index contributed by atoms with van der Waals surface area (Å²) < 4.78 is 6.26. The molecule has 1 amide bonds. The number of halogens is 1. The Bertz CT molecular complexity index is 1170. The molecular weight excluding hydrogens is 497 g/mol. The number of nitro benzene ring substituents is 1. The predicted octanol–water partition coefficient (Wildman–Crippen LogP) is 5.14. The zero-order valence-corrected chi connectivity index (χ0v) is 18.0. The van der Waals surface area contributed by atoms with Crippen molar-refractivity contribution in [2.24, 2.45) is 0 Å². The number of carbonyl (C=O) groups excluding carboxylic acids is 1. The third-order valence-electron chi connectivity index (χ3n) is 4.70. The second kappa shape index (κ2) is 8.15. The molecule has 0 saturated heterocycles. The zero-order chi connectivity index (χ0) is 21.3. The van der Waals surface area contributed by atoms with Crippen LogP contribution in [0.2, 0.25) is 0 Å². The van der Waals surface area contributed by atoms with Crippen LogP contribution in [-0.2, 0) is 4.79 Å². The van der Waals surface area contributed by atoms with Gasteiger partial charge in [-0.1, -0.05) is 12.1 Å². The fourth-order valence-corrected chi connectivity index (χ4v) is 3.59. The number of ether oxygens (including phenoxy) is 1. The molecule has 3 aromatic carbocycles. The fraction of sp³-hybridized carbons (Fsp3) is 0.0455. The Morgan fingerprint density at radius 1 is 1.07 bits per heavy atom. The van der Waals surface area contributed by atoms with E-state index in [9.17, 15) is 14.9 Å². The van der Waals surface area contributed by atoms with Crippen molar-refractivity contribution in [3.8, 4) is 5.75 Å². The minimum atomic E-state index is -0.470. The van der Waals surface area contributed by atoms with Gasteiger partial charge >= 0.3 is 0 Å². The summed E-state index contributed by atoms with van der Waals surface area (Å²) in [5.41, 5.74) is 3.41. The minimum absolute atomic E-state index is 0.0749. The number of rotatable bonds is 5. The molecule has 2 N–H and O–H groups in total. The van der Waals surface area contributed by atoms with Crippen molar-refractivity contribution < 1.29 is 14.5 Å². The van der Waals surface area contributed by atoms with Gasteiger partial charge in [0.1, 0.15) is 5.75 Å². The van der Waals surface area contributed by atoms with E-state index in [-0.39, 0.29) is 11.6 Å². The first-order valence-corrected chi connectivity index (χ1v) is 10.1. The number of hydrogen-bond donors (Lipinski definition) is 2. The Balaban J connectivity index is 1.89. The van der Waals surface area contributed by atoms with Crippen LogP contribution in [0, 0.1) is 13.7 Å². The lowest BCUT2D eigenvalue weighted by molar-refractivity contribution is -0.384. The normalized spacial score (nSPS) is 14.0. The number of nitrogens with zero attached hydrogens (tertiary/aromatic N) is 1. The maximum absolute atomic E-state index is 12.9. The molecular formula is C22H16IN3O4. The SMILES string of the molecule is COc1ccc(N/C(=C2\C(=O)Nc3ccc([N+](=O)[O-])cc32)c2ccc(I)cc2)cc1. The fourth-order valence-electron chi connectivity index (χ4n) is 3.23. The van der Waals surface area contributed by atoms with Crippen LogP contribution in [-0.4, -0.2) is 17.9 Å². The first kappa shape index (κ1) is 19.9. The van der Waals surface area contributed by atoms with Gasteiger partial charge in [0.2, 0.25) is 0 Å². The molecule has 1 aliphatic heterocycles. The van der Waals surface area contributed by atoms with Crippen molar-refractivity contribution in [2.45, 2.75) is 0 Å². The van der Waals surface area contributed by atoms with Crippen LogP contribution in [0.4, 0.5) is 17.1 Å². The number of hydrogen-bond acceptors (Lipinski definition) is 5. The summed E-state index contributed by atoms with van der Waals surface area (Å²) in [6.45, 7) is 0. The number of fused-ring (bicyclic) bond motifs is 1. The van der Waals surface area contributed by atoms with E-state index < -0.39 is 4.92 Å². The quantitative estimate of drug-likeness (QED) is 0.213. The summed E-state index contributed by atoms with van der Waals surface area (Å²) in [5, 5.41) is 17.4. The van der Waals surface area contributed by atoms with Crippen molar-refractivity contribution in [3.05, 3.63) is 91.5 Å². The second-order valence-corrected chi connectivity index (χ2v) is 7.80. The highest BCUT2D eigenvalue weighted by molar-refractivity contribution is 14.1. The average molecular weight is 513 g/mol. The van der Waals surface area contributed by atoms with E-state index >= 15 is 0 Å². The highest BCUT2D eigenvalue weighted by Gasteiger charge is 2.30. The van der Waals surface area contributed by atoms with Crippen LogP contribution in [0.25, 0.3) is 11.3 Å². The van der Waals surface area contributed by atoms with Crippen LogP contribution in [0.3, 0.4) is 0 Å². The number of methoxy groups -OCH3 is 1. The van der Waals surface area contributed by atoms with E-state index in [1.165, 1.54) is 12.1 Å². The predicted molar refractivity (Wildman–Crippen MR) is 124 cm³/mol. The van der Waals surface area contributed by atoms with E-state index in [4.69, 9.17) is 4.74 Å². The molecule has 1 aliphatic rings. The Morgan fingerprint density at radius 3 is 2.40 bits per heavy atom. The van der Waals surface area contributed by atoms with Gasteiger partial charge in [-0.3, -0.25) is 14.9 Å². The molecule has 1 heterocycles. The van der Waals surface area contributed by atoms with E-state index in [2.05, 4.69) is 33.2 Å². The highest BCUT2D eigenvalue weighted by Crippen LogP contribution is 2.39. The number of nitrogens with one attached hydrogen (secondary N) is 2. The molecule has 0 spiro atoms. The van der Waals surface area contributed by atoms with Crippen LogP contribution < -0.4 is 15.4 Å². The molecule has 0 atom stereocenters. The molecule has 7 nitrogen and oxygen atoms in total. The van der Waals surface area contributed by atoms with Gasteiger partial charge in [0.15, 0.2) is 0 Å². The molecule has 150 valence electrons. The van der Waals surface area contributed by atoms with Crippen LogP contribution in [0.5, 0.6) is 5.75 Å². The van der Waals surface area contributed by atoms with Gasteiger partial charge in [0.25, 0.3) is 11.6 Å². The maximum atomic E-state index is 12.9. The lowest BCUT2D eigenvalue weighted by Gasteiger charge is -2.15. The van der Waals surface area contributed by atoms with Crippen molar-refractivity contribution in [3.63, 3.8) is 0 Å². The zero-order valence-electron chi connectivity index (χ0n) is 15.8. The van der Waals surface area contributed by atoms with Gasteiger partial charge in [-0.25, -0.2) is 0 Å². The standard InChI is InChI=1S/C22H16IN3O4/c1-30-17-9-6-15(7-10-17)24-21(13-2-4-14(23)5-3-13)20-18-12-16(26(28)29)8-11-19(18)25-22(20)27/h2-12,24H,1H3,(H,25,27)/b21-20-. The number of carbonyl (C=O) groups is 1. The monoisotopic (exact) mass is 513 g/mol. The number of amides is 1. The summed E-state index contributed by atoms with van der Waals surface area (Å²) >= 11 is 2.21. The summed E-state index contributed by atoms with van der Waals surface area (Å²) in [6.07, 6.45) is 0. The van der Waals surface area contributed by atoms with Crippen molar-refractivity contribution in [1.29, 1.82) is 0 Å². The Hall–Kier alpha value is -3.40. The van der Waals surface area contributed by atoms with Crippen LogP contribution in [0.1, 0.15) is 11.1 Å². The van der Waals surface area contributed by atoms with Gasteiger partial charge in [-0.2, -0.15) is 0 Å². The molecule has 0 fully saturated rings. The summed E-state index contributed by atoms with van der Waals surface area (Å²) in [7, 11) is 1.59. The second-order valence-electron chi connectivity index (χ2n) is 6.55. The molecule has 0 saturated carbocycles. The van der Waals surface area contributed by atoms with Crippen LogP contribution >= 0.6 is 22.6 Å².